The molecule has 2 unspecified atom stereocenters. The van der Waals surface area contributed by atoms with Crippen molar-refractivity contribution in [1.82, 2.24) is 5.32 Å². The van der Waals surface area contributed by atoms with Gasteiger partial charge in [-0.3, -0.25) is 9.59 Å². The number of hydrogen-bond donors (Lipinski definition) is 2. The summed E-state index contributed by atoms with van der Waals surface area (Å²) in [5.74, 6) is -0.671. The molecule has 0 bridgehead atoms. The Hall–Kier alpha value is -2.56. The van der Waals surface area contributed by atoms with Gasteiger partial charge in [-0.05, 0) is 42.2 Å². The maximum Gasteiger partial charge on any atom is 0.306 e. The number of benzene rings is 2. The summed E-state index contributed by atoms with van der Waals surface area (Å²) < 4.78 is 5.70. The predicted molar refractivity (Wildman–Crippen MR) is 95.5 cm³/mol. The number of ether oxygens (including phenoxy) is 1. The molecule has 2 aromatic rings. The van der Waals surface area contributed by atoms with Crippen LogP contribution in [-0.4, -0.2) is 30.1 Å². The van der Waals surface area contributed by atoms with Gasteiger partial charge in [0.15, 0.2) is 0 Å². The van der Waals surface area contributed by atoms with Gasteiger partial charge in [0.25, 0.3) is 0 Å². The third-order valence-corrected chi connectivity index (χ3v) is 4.79. The van der Waals surface area contributed by atoms with Gasteiger partial charge in [-0.1, -0.05) is 36.8 Å². The molecule has 132 valence electrons. The van der Waals surface area contributed by atoms with Crippen molar-refractivity contribution in [3.05, 3.63) is 42.5 Å². The maximum atomic E-state index is 12.2. The summed E-state index contributed by atoms with van der Waals surface area (Å²) in [5, 5.41) is 14.2. The highest BCUT2D eigenvalue weighted by molar-refractivity contribution is 5.83. The fraction of sp³-hybridized carbons (Fsp3) is 0.400. The zero-order chi connectivity index (χ0) is 17.6. The third-order valence-electron chi connectivity index (χ3n) is 4.79. The highest BCUT2D eigenvalue weighted by Gasteiger charge is 2.30. The van der Waals surface area contributed by atoms with Gasteiger partial charge in [-0.15, -0.1) is 0 Å². The second kappa shape index (κ2) is 8.01. The molecule has 1 aliphatic carbocycles. The smallest absolute Gasteiger partial charge is 0.306 e. The predicted octanol–water partition coefficient (Wildman–Crippen LogP) is 3.23. The van der Waals surface area contributed by atoms with E-state index < -0.39 is 11.9 Å². The van der Waals surface area contributed by atoms with Crippen molar-refractivity contribution in [3.63, 3.8) is 0 Å². The zero-order valence-corrected chi connectivity index (χ0v) is 14.1. The molecule has 0 aromatic heterocycles. The summed E-state index contributed by atoms with van der Waals surface area (Å²) in [4.78, 5) is 23.3. The van der Waals surface area contributed by atoms with Crippen LogP contribution in [0.1, 0.15) is 25.7 Å². The first-order chi connectivity index (χ1) is 12.1. The van der Waals surface area contributed by atoms with E-state index >= 15 is 0 Å². The van der Waals surface area contributed by atoms with Crippen molar-refractivity contribution in [2.75, 3.05) is 13.2 Å². The Kier molecular flexibility index (Phi) is 5.53. The van der Waals surface area contributed by atoms with E-state index in [-0.39, 0.29) is 11.8 Å². The first-order valence-corrected chi connectivity index (χ1v) is 8.75. The molecule has 0 aliphatic heterocycles. The van der Waals surface area contributed by atoms with E-state index in [1.165, 1.54) is 0 Å². The number of carboxylic acids is 1. The summed E-state index contributed by atoms with van der Waals surface area (Å²) in [5.41, 5.74) is 0. The summed E-state index contributed by atoms with van der Waals surface area (Å²) in [6, 6.07) is 14.0. The van der Waals surface area contributed by atoms with Gasteiger partial charge in [0, 0.05) is 5.92 Å². The molecular weight excluding hydrogens is 318 g/mol. The maximum absolute atomic E-state index is 12.2. The number of carbonyl (C=O) groups is 2. The van der Waals surface area contributed by atoms with E-state index in [1.807, 2.05) is 42.5 Å². The van der Waals surface area contributed by atoms with Gasteiger partial charge in [-0.2, -0.15) is 0 Å². The minimum atomic E-state index is -0.794. The molecule has 0 heterocycles. The van der Waals surface area contributed by atoms with E-state index in [1.54, 1.807) is 0 Å². The van der Waals surface area contributed by atoms with Crippen LogP contribution >= 0.6 is 0 Å². The summed E-state index contributed by atoms with van der Waals surface area (Å²) in [6.07, 6.45) is 2.67. The number of carboxylic acid groups (broad SMARTS) is 1. The second-order valence-electron chi connectivity index (χ2n) is 6.55. The molecule has 5 heteroatoms. The molecule has 2 N–H and O–H groups in total. The standard InChI is InChI=1S/C20H23NO4/c22-19(16-6-3-7-17(12-16)20(23)24)21-10-11-25-18-9-8-14-4-1-2-5-15(14)13-18/h1-2,4-5,8-9,13,16-17H,3,6-7,10-12H2,(H,21,22)(H,23,24). The van der Waals surface area contributed by atoms with Gasteiger partial charge in [0.05, 0.1) is 12.5 Å². The highest BCUT2D eigenvalue weighted by atomic mass is 16.5. The highest BCUT2D eigenvalue weighted by Crippen LogP contribution is 2.29. The summed E-state index contributed by atoms with van der Waals surface area (Å²) in [6.45, 7) is 0.805. The monoisotopic (exact) mass is 341 g/mol. The van der Waals surface area contributed by atoms with Crippen molar-refractivity contribution in [2.45, 2.75) is 25.7 Å². The number of carbonyl (C=O) groups excluding carboxylic acids is 1. The number of aliphatic carboxylic acids is 1. The van der Waals surface area contributed by atoms with E-state index in [0.717, 1.165) is 29.4 Å². The van der Waals surface area contributed by atoms with Gasteiger partial charge >= 0.3 is 5.97 Å². The molecule has 1 aliphatic rings. The fourth-order valence-electron chi connectivity index (χ4n) is 3.40. The molecular formula is C20H23NO4. The first kappa shape index (κ1) is 17.3. The quantitative estimate of drug-likeness (QED) is 0.791. The molecule has 0 radical (unpaired) electrons. The molecule has 1 saturated carbocycles. The van der Waals surface area contributed by atoms with Gasteiger partial charge in [-0.25, -0.2) is 0 Å². The van der Waals surface area contributed by atoms with Crippen LogP contribution in [0.3, 0.4) is 0 Å². The van der Waals surface area contributed by atoms with Crippen LogP contribution < -0.4 is 10.1 Å². The van der Waals surface area contributed by atoms with Crippen LogP contribution in [0.4, 0.5) is 0 Å². The minimum absolute atomic E-state index is 0.0620. The fourth-order valence-corrected chi connectivity index (χ4v) is 3.40. The van der Waals surface area contributed by atoms with Crippen LogP contribution in [0.15, 0.2) is 42.5 Å². The Morgan fingerprint density at radius 3 is 2.64 bits per heavy atom. The molecule has 2 aromatic carbocycles. The SMILES string of the molecule is O=C(O)C1CCCC(C(=O)NCCOc2ccc3ccccc3c2)C1. The van der Waals surface area contributed by atoms with Crippen LogP contribution in [0, 0.1) is 11.8 Å². The number of amides is 1. The lowest BCUT2D eigenvalue weighted by molar-refractivity contribution is -0.144. The molecule has 25 heavy (non-hydrogen) atoms. The number of fused-ring (bicyclic) bond motifs is 1. The normalized spacial score (nSPS) is 20.2. The number of nitrogens with one attached hydrogen (secondary N) is 1. The van der Waals surface area contributed by atoms with E-state index in [4.69, 9.17) is 9.84 Å². The van der Waals surface area contributed by atoms with Crippen LogP contribution in [0.25, 0.3) is 10.8 Å². The van der Waals surface area contributed by atoms with Crippen molar-refractivity contribution in [3.8, 4) is 5.75 Å². The average Bonchev–Trinajstić information content (AvgIpc) is 2.65. The van der Waals surface area contributed by atoms with Crippen LogP contribution in [0.5, 0.6) is 5.75 Å². The van der Waals surface area contributed by atoms with Crippen molar-refractivity contribution >= 4 is 22.6 Å². The molecule has 3 rings (SSSR count). The number of hydrogen-bond acceptors (Lipinski definition) is 3. The largest absolute Gasteiger partial charge is 0.492 e. The zero-order valence-electron chi connectivity index (χ0n) is 14.1. The van der Waals surface area contributed by atoms with Gasteiger partial charge < -0.3 is 15.2 Å². The Morgan fingerprint density at radius 1 is 1.08 bits per heavy atom. The Balaban J connectivity index is 1.44. The minimum Gasteiger partial charge on any atom is -0.492 e. The molecule has 1 amide bonds. The third kappa shape index (κ3) is 4.50. The Labute approximate surface area is 147 Å². The Bertz CT molecular complexity index is 758. The van der Waals surface area contributed by atoms with Crippen molar-refractivity contribution in [2.24, 2.45) is 11.8 Å². The van der Waals surface area contributed by atoms with E-state index in [0.29, 0.717) is 26.0 Å². The van der Waals surface area contributed by atoms with Crippen LogP contribution in [-0.2, 0) is 9.59 Å². The summed E-state index contributed by atoms with van der Waals surface area (Å²) in [7, 11) is 0. The molecule has 5 nitrogen and oxygen atoms in total. The first-order valence-electron chi connectivity index (χ1n) is 8.75. The van der Waals surface area contributed by atoms with Crippen LogP contribution in [0.2, 0.25) is 0 Å². The van der Waals surface area contributed by atoms with Gasteiger partial charge in [0.1, 0.15) is 12.4 Å². The lowest BCUT2D eigenvalue weighted by Gasteiger charge is -2.25. The lowest BCUT2D eigenvalue weighted by atomic mass is 9.81. The molecule has 0 saturated heterocycles. The summed E-state index contributed by atoms with van der Waals surface area (Å²) >= 11 is 0. The number of rotatable bonds is 6. The van der Waals surface area contributed by atoms with E-state index in [9.17, 15) is 9.59 Å². The second-order valence-corrected chi connectivity index (χ2v) is 6.55. The van der Waals surface area contributed by atoms with Crippen molar-refractivity contribution in [1.29, 1.82) is 0 Å². The van der Waals surface area contributed by atoms with Crippen molar-refractivity contribution < 1.29 is 19.4 Å². The topological polar surface area (TPSA) is 75.6 Å². The molecule has 2 atom stereocenters. The lowest BCUT2D eigenvalue weighted by Crippen LogP contribution is -2.37. The average molecular weight is 341 g/mol. The van der Waals surface area contributed by atoms with E-state index in [2.05, 4.69) is 5.32 Å². The van der Waals surface area contributed by atoms with Gasteiger partial charge in [0.2, 0.25) is 5.91 Å². The molecule has 0 spiro atoms. The molecule has 1 fully saturated rings. The Morgan fingerprint density at radius 2 is 1.84 bits per heavy atom.